The van der Waals surface area contributed by atoms with Crippen molar-refractivity contribution < 1.29 is 9.53 Å². The van der Waals surface area contributed by atoms with Gasteiger partial charge in [0.25, 0.3) is 0 Å². The fraction of sp³-hybridized carbons (Fsp3) is 0.667. The van der Waals surface area contributed by atoms with Gasteiger partial charge in [0, 0.05) is 39.3 Å². The lowest BCUT2D eigenvalue weighted by Gasteiger charge is -2.38. The van der Waals surface area contributed by atoms with Gasteiger partial charge in [-0.05, 0) is 12.8 Å². The summed E-state index contributed by atoms with van der Waals surface area (Å²) in [7, 11) is 2.03. The molecule has 2 saturated heterocycles. The Balaban J connectivity index is 1.46. The molecule has 0 bridgehead atoms. The quantitative estimate of drug-likeness (QED) is 0.863. The van der Waals surface area contributed by atoms with Crippen molar-refractivity contribution in [2.24, 2.45) is 0 Å². The molecule has 0 aromatic carbocycles. The maximum absolute atomic E-state index is 11.1. The normalized spacial score (nSPS) is 23.6. The molecule has 3 heterocycles. The lowest BCUT2D eigenvalue weighted by molar-refractivity contribution is -0.133. The van der Waals surface area contributed by atoms with Crippen molar-refractivity contribution in [2.75, 3.05) is 44.7 Å². The van der Waals surface area contributed by atoms with Gasteiger partial charge >= 0.3 is 0 Å². The molecule has 2 fully saturated rings. The second-order valence-corrected chi connectivity index (χ2v) is 6.52. The second kappa shape index (κ2) is 7.42. The van der Waals surface area contributed by atoms with Crippen LogP contribution in [-0.2, 0) is 9.53 Å². The van der Waals surface area contributed by atoms with Crippen LogP contribution in [0.5, 0.6) is 0 Å². The fourth-order valence-corrected chi connectivity index (χ4v) is 3.17. The highest BCUT2D eigenvalue weighted by Gasteiger charge is 2.27. The van der Waals surface area contributed by atoms with E-state index in [0.29, 0.717) is 23.6 Å². The highest BCUT2D eigenvalue weighted by molar-refractivity contribution is 6.30. The minimum atomic E-state index is -0.0236. The van der Waals surface area contributed by atoms with E-state index in [1.165, 1.54) is 0 Å². The van der Waals surface area contributed by atoms with Crippen molar-refractivity contribution >= 4 is 23.5 Å². The summed E-state index contributed by atoms with van der Waals surface area (Å²) in [5, 5.41) is 3.40. The molecule has 0 spiro atoms. The van der Waals surface area contributed by atoms with Gasteiger partial charge in [0.15, 0.2) is 0 Å². The smallest absolute Gasteiger partial charge is 0.246 e. The Bertz CT molecular complexity index is 523. The molecule has 3 rings (SSSR count). The summed E-state index contributed by atoms with van der Waals surface area (Å²) >= 11 is 5.83. The van der Waals surface area contributed by atoms with Gasteiger partial charge in [-0.1, -0.05) is 11.6 Å². The van der Waals surface area contributed by atoms with Gasteiger partial charge in [-0.2, -0.15) is 0 Å². The lowest BCUT2D eigenvalue weighted by Crippen LogP contribution is -2.51. The van der Waals surface area contributed by atoms with Crippen molar-refractivity contribution in [1.29, 1.82) is 0 Å². The standard InChI is InChI=1S/C15H22ClN5O2/c1-20(15-18-6-11(16)7-19-15)12-2-4-21(5-3-12)9-13-8-17-14(22)10-23-13/h6-7,12-13H,2-5,8-10H2,1H3,(H,17,22). The van der Waals surface area contributed by atoms with E-state index in [-0.39, 0.29) is 18.6 Å². The first-order valence-corrected chi connectivity index (χ1v) is 8.30. The van der Waals surface area contributed by atoms with E-state index in [2.05, 4.69) is 25.1 Å². The predicted octanol–water partition coefficient (Wildman–Crippen LogP) is 0.546. The van der Waals surface area contributed by atoms with Crippen LogP contribution in [0.15, 0.2) is 12.4 Å². The molecule has 23 heavy (non-hydrogen) atoms. The van der Waals surface area contributed by atoms with Gasteiger partial charge in [0.05, 0.1) is 23.5 Å². The monoisotopic (exact) mass is 339 g/mol. The summed E-state index contributed by atoms with van der Waals surface area (Å²) in [6, 6.07) is 0.430. The van der Waals surface area contributed by atoms with E-state index in [1.807, 2.05) is 7.05 Å². The van der Waals surface area contributed by atoms with Crippen LogP contribution in [0.4, 0.5) is 5.95 Å². The summed E-state index contributed by atoms with van der Waals surface area (Å²) in [4.78, 5) is 24.2. The first kappa shape index (κ1) is 16.4. The fourth-order valence-electron chi connectivity index (χ4n) is 3.08. The Hall–Kier alpha value is -1.44. The predicted molar refractivity (Wildman–Crippen MR) is 87.7 cm³/mol. The van der Waals surface area contributed by atoms with Crippen molar-refractivity contribution in [3.05, 3.63) is 17.4 Å². The summed E-state index contributed by atoms with van der Waals surface area (Å²) in [6.45, 7) is 3.68. The number of halogens is 1. The lowest BCUT2D eigenvalue weighted by atomic mass is 10.0. The number of likely N-dealkylation sites (tertiary alicyclic amines) is 1. The van der Waals surface area contributed by atoms with Crippen LogP contribution in [0.3, 0.4) is 0 Å². The van der Waals surface area contributed by atoms with E-state index in [4.69, 9.17) is 16.3 Å². The van der Waals surface area contributed by atoms with Crippen LogP contribution in [0.1, 0.15) is 12.8 Å². The number of morpholine rings is 1. The van der Waals surface area contributed by atoms with Crippen LogP contribution in [-0.4, -0.2) is 72.8 Å². The number of nitrogens with zero attached hydrogens (tertiary/aromatic N) is 4. The SMILES string of the molecule is CN(c1ncc(Cl)cn1)C1CCN(CC2CNC(=O)CO2)CC1. The molecule has 1 amide bonds. The average Bonchev–Trinajstić information content (AvgIpc) is 2.58. The third-order valence-electron chi connectivity index (χ3n) is 4.47. The molecule has 7 nitrogen and oxygen atoms in total. The largest absolute Gasteiger partial charge is 0.365 e. The number of nitrogens with one attached hydrogen (secondary N) is 1. The maximum Gasteiger partial charge on any atom is 0.246 e. The first-order chi connectivity index (χ1) is 11.1. The van der Waals surface area contributed by atoms with Gasteiger partial charge in [-0.3, -0.25) is 4.79 Å². The number of piperidine rings is 1. The molecular formula is C15H22ClN5O2. The van der Waals surface area contributed by atoms with Gasteiger partial charge in [0.1, 0.15) is 6.61 Å². The highest BCUT2D eigenvalue weighted by atomic mass is 35.5. The molecular weight excluding hydrogens is 318 g/mol. The van der Waals surface area contributed by atoms with Gasteiger partial charge < -0.3 is 19.9 Å². The van der Waals surface area contributed by atoms with Crippen LogP contribution in [0.2, 0.25) is 5.02 Å². The molecule has 126 valence electrons. The second-order valence-electron chi connectivity index (χ2n) is 6.08. The van der Waals surface area contributed by atoms with Crippen LogP contribution in [0, 0.1) is 0 Å². The Morgan fingerprint density at radius 1 is 1.39 bits per heavy atom. The molecule has 0 radical (unpaired) electrons. The van der Waals surface area contributed by atoms with Crippen LogP contribution in [0.25, 0.3) is 0 Å². The molecule has 1 aromatic heterocycles. The maximum atomic E-state index is 11.1. The number of carbonyl (C=O) groups is 1. The average molecular weight is 340 g/mol. The Kier molecular flexibility index (Phi) is 5.30. The van der Waals surface area contributed by atoms with Crippen molar-refractivity contribution in [1.82, 2.24) is 20.2 Å². The zero-order chi connectivity index (χ0) is 16.2. The summed E-state index contributed by atoms with van der Waals surface area (Å²) in [5.41, 5.74) is 0. The minimum Gasteiger partial charge on any atom is -0.365 e. The zero-order valence-electron chi connectivity index (χ0n) is 13.2. The number of amides is 1. The third-order valence-corrected chi connectivity index (χ3v) is 4.66. The van der Waals surface area contributed by atoms with E-state index < -0.39 is 0 Å². The zero-order valence-corrected chi connectivity index (χ0v) is 14.0. The number of anilines is 1. The van der Waals surface area contributed by atoms with E-state index in [1.54, 1.807) is 12.4 Å². The molecule has 1 unspecified atom stereocenters. The topological polar surface area (TPSA) is 70.6 Å². The number of aromatic nitrogens is 2. The molecule has 1 aromatic rings. The number of ether oxygens (including phenoxy) is 1. The number of hydrogen-bond acceptors (Lipinski definition) is 6. The number of rotatable bonds is 4. The van der Waals surface area contributed by atoms with Gasteiger partial charge in [0.2, 0.25) is 11.9 Å². The van der Waals surface area contributed by atoms with Crippen molar-refractivity contribution in [2.45, 2.75) is 25.0 Å². The number of carbonyl (C=O) groups excluding carboxylic acids is 1. The van der Waals surface area contributed by atoms with Gasteiger partial charge in [-0.15, -0.1) is 0 Å². The molecule has 2 aliphatic heterocycles. The van der Waals surface area contributed by atoms with E-state index in [9.17, 15) is 4.79 Å². The minimum absolute atomic E-state index is 0.0236. The molecule has 8 heteroatoms. The van der Waals surface area contributed by atoms with Gasteiger partial charge in [-0.25, -0.2) is 9.97 Å². The van der Waals surface area contributed by atoms with Crippen LogP contribution < -0.4 is 10.2 Å². The Labute approximate surface area is 141 Å². The van der Waals surface area contributed by atoms with E-state index in [0.717, 1.165) is 32.5 Å². The summed E-state index contributed by atoms with van der Waals surface area (Å²) in [6.07, 6.45) is 5.47. The molecule has 0 aliphatic carbocycles. The molecule has 1 N–H and O–H groups in total. The Morgan fingerprint density at radius 2 is 2.09 bits per heavy atom. The molecule has 0 saturated carbocycles. The highest BCUT2D eigenvalue weighted by Crippen LogP contribution is 2.20. The summed E-state index contributed by atoms with van der Waals surface area (Å²) in [5.74, 6) is 0.690. The molecule has 1 atom stereocenters. The number of hydrogen-bond donors (Lipinski definition) is 1. The third kappa shape index (κ3) is 4.31. The van der Waals surface area contributed by atoms with E-state index >= 15 is 0 Å². The first-order valence-electron chi connectivity index (χ1n) is 7.93. The van der Waals surface area contributed by atoms with Crippen LogP contribution >= 0.6 is 11.6 Å². The molecule has 2 aliphatic rings. The Morgan fingerprint density at radius 3 is 2.70 bits per heavy atom. The van der Waals surface area contributed by atoms with Crippen molar-refractivity contribution in [3.63, 3.8) is 0 Å². The van der Waals surface area contributed by atoms with Crippen molar-refractivity contribution in [3.8, 4) is 0 Å². The summed E-state index contributed by atoms with van der Waals surface area (Å²) < 4.78 is 5.55.